The van der Waals surface area contributed by atoms with Crippen molar-refractivity contribution >= 4 is 27.7 Å². The summed E-state index contributed by atoms with van der Waals surface area (Å²) in [6.45, 7) is 3.79. The average molecular weight is 448 g/mol. The van der Waals surface area contributed by atoms with Gasteiger partial charge in [0.1, 0.15) is 17.1 Å². The minimum atomic E-state index is -4.53. The van der Waals surface area contributed by atoms with Gasteiger partial charge in [0.15, 0.2) is 5.82 Å². The number of aromatic nitrogens is 3. The minimum absolute atomic E-state index is 0.0358. The molecular formula is C17H14BrF4N3S. The lowest BCUT2D eigenvalue weighted by Crippen LogP contribution is -2.11. The topological polar surface area (TPSA) is 30.7 Å². The molecule has 0 aromatic carbocycles. The Hall–Kier alpha value is -1.61. The molecule has 0 saturated carbocycles. The lowest BCUT2D eigenvalue weighted by atomic mass is 10.1. The van der Waals surface area contributed by atoms with Crippen molar-refractivity contribution in [1.82, 2.24) is 14.5 Å². The number of rotatable bonds is 4. The van der Waals surface area contributed by atoms with Crippen molar-refractivity contribution in [2.75, 3.05) is 5.75 Å². The fraction of sp³-hybridized carbons (Fsp3) is 0.294. The molecule has 1 aromatic rings. The summed E-state index contributed by atoms with van der Waals surface area (Å²) in [6, 6.07) is 2.67. The Labute approximate surface area is 160 Å². The molecule has 0 unspecified atom stereocenters. The third kappa shape index (κ3) is 3.46. The monoisotopic (exact) mass is 447 g/mol. The van der Waals surface area contributed by atoms with Crippen LogP contribution in [0.4, 0.5) is 17.6 Å². The fourth-order valence-corrected chi connectivity index (χ4v) is 3.95. The Morgan fingerprint density at radius 3 is 2.54 bits per heavy atom. The molecule has 26 heavy (non-hydrogen) atoms. The van der Waals surface area contributed by atoms with Crippen LogP contribution in [-0.2, 0) is 12.7 Å². The molecule has 0 saturated heterocycles. The average Bonchev–Trinajstić information content (AvgIpc) is 2.91. The number of pyridine rings is 2. The summed E-state index contributed by atoms with van der Waals surface area (Å²) in [6.07, 6.45) is -2.10. The number of nitrogens with zero attached hydrogens (tertiary/aromatic N) is 3. The highest BCUT2D eigenvalue weighted by atomic mass is 79.9. The highest BCUT2D eigenvalue weighted by molar-refractivity contribution is 9.10. The van der Waals surface area contributed by atoms with E-state index in [1.165, 1.54) is 22.5 Å². The zero-order valence-electron chi connectivity index (χ0n) is 13.9. The van der Waals surface area contributed by atoms with Gasteiger partial charge < -0.3 is 4.57 Å². The molecule has 0 amide bonds. The van der Waals surface area contributed by atoms with E-state index in [1.54, 1.807) is 13.0 Å². The normalized spacial score (nSPS) is 12.1. The van der Waals surface area contributed by atoms with Gasteiger partial charge in [0, 0.05) is 28.3 Å². The van der Waals surface area contributed by atoms with E-state index in [0.717, 1.165) is 22.5 Å². The second-order valence-corrected chi connectivity index (χ2v) is 7.68. The first-order valence-electron chi connectivity index (χ1n) is 7.81. The summed E-state index contributed by atoms with van der Waals surface area (Å²) in [4.78, 5) is 9.11. The fourth-order valence-electron chi connectivity index (χ4n) is 2.66. The second-order valence-electron chi connectivity index (χ2n) is 5.45. The molecule has 0 N–H and O–H groups in total. The molecule has 138 valence electrons. The van der Waals surface area contributed by atoms with Crippen molar-refractivity contribution < 1.29 is 17.6 Å². The van der Waals surface area contributed by atoms with E-state index >= 15 is 4.39 Å². The Kier molecular flexibility index (Phi) is 5.30. The molecule has 3 heterocycles. The molecule has 3 rings (SSSR count). The van der Waals surface area contributed by atoms with Gasteiger partial charge >= 0.3 is 6.18 Å². The van der Waals surface area contributed by atoms with Crippen LogP contribution in [0.2, 0.25) is 0 Å². The quantitative estimate of drug-likeness (QED) is 0.357. The lowest BCUT2D eigenvalue weighted by Gasteiger charge is -2.14. The Bertz CT molecular complexity index is 923. The third-order valence-corrected chi connectivity index (χ3v) is 5.12. The number of fused-ring (bicyclic) bond motifs is 1. The number of hydrogen-bond donors (Lipinski definition) is 0. The van der Waals surface area contributed by atoms with Crippen molar-refractivity contribution in [3.8, 4) is 22.8 Å². The smallest absolute Gasteiger partial charge is 0.343 e. The zero-order chi connectivity index (χ0) is 19.1. The van der Waals surface area contributed by atoms with Gasteiger partial charge in [-0.25, -0.2) is 9.37 Å². The van der Waals surface area contributed by atoms with Crippen LogP contribution < -0.4 is 0 Å². The largest absolute Gasteiger partial charge is 0.417 e. The molecule has 0 radical (unpaired) electrons. The van der Waals surface area contributed by atoms with Crippen LogP contribution in [0.15, 0.2) is 33.9 Å². The SMILES string of the molecule is CCSc1cc(Br)cnc1-c1nc2cc(C(F)(F)F)cn(CC)c-2c1F. The maximum atomic E-state index is 15.1. The van der Waals surface area contributed by atoms with Gasteiger partial charge in [-0.05, 0) is 40.7 Å². The summed E-state index contributed by atoms with van der Waals surface area (Å²) in [5.41, 5.74) is -0.559. The molecule has 2 aliphatic rings. The van der Waals surface area contributed by atoms with E-state index in [1.807, 2.05) is 6.92 Å². The Morgan fingerprint density at radius 2 is 1.92 bits per heavy atom. The molecule has 3 nitrogen and oxygen atoms in total. The van der Waals surface area contributed by atoms with Gasteiger partial charge in [-0.2, -0.15) is 13.2 Å². The number of hydrogen-bond acceptors (Lipinski definition) is 3. The first kappa shape index (κ1) is 19.2. The summed E-state index contributed by atoms with van der Waals surface area (Å²) in [5.74, 6) is 0.0727. The van der Waals surface area contributed by atoms with Crippen molar-refractivity contribution in [2.24, 2.45) is 0 Å². The summed E-state index contributed by atoms with van der Waals surface area (Å²) in [5, 5.41) is 0. The molecule has 0 bridgehead atoms. The number of thioether (sulfide) groups is 1. The van der Waals surface area contributed by atoms with Gasteiger partial charge in [0.2, 0.25) is 0 Å². The van der Waals surface area contributed by atoms with Gasteiger partial charge in [0.25, 0.3) is 0 Å². The predicted octanol–water partition coefficient (Wildman–Crippen LogP) is 6.10. The molecule has 0 aliphatic carbocycles. The molecule has 0 fully saturated rings. The van der Waals surface area contributed by atoms with E-state index in [-0.39, 0.29) is 23.6 Å². The van der Waals surface area contributed by atoms with E-state index in [4.69, 9.17) is 0 Å². The van der Waals surface area contributed by atoms with Crippen LogP contribution in [0, 0.1) is 5.82 Å². The van der Waals surface area contributed by atoms with Crippen LogP contribution in [0.25, 0.3) is 22.8 Å². The lowest BCUT2D eigenvalue weighted by molar-refractivity contribution is -0.138. The minimum Gasteiger partial charge on any atom is -0.343 e. The van der Waals surface area contributed by atoms with Gasteiger partial charge in [-0.3, -0.25) is 4.98 Å². The molecule has 9 heteroatoms. The van der Waals surface area contributed by atoms with Gasteiger partial charge in [-0.15, -0.1) is 11.8 Å². The summed E-state index contributed by atoms with van der Waals surface area (Å²) < 4.78 is 56.4. The van der Waals surface area contributed by atoms with E-state index in [0.29, 0.717) is 10.6 Å². The Balaban J connectivity index is 2.27. The van der Waals surface area contributed by atoms with Crippen molar-refractivity contribution in [3.05, 3.63) is 40.4 Å². The van der Waals surface area contributed by atoms with Crippen LogP contribution in [-0.4, -0.2) is 20.3 Å². The maximum absolute atomic E-state index is 15.1. The maximum Gasteiger partial charge on any atom is 0.417 e. The molecule has 1 aromatic heterocycles. The Morgan fingerprint density at radius 1 is 1.19 bits per heavy atom. The van der Waals surface area contributed by atoms with Crippen LogP contribution >= 0.6 is 27.7 Å². The standard InChI is InChI=1S/C17H14BrF4N3S/c1-3-25-8-9(17(20,21)22)5-11-16(25)13(19)15(24-11)14-12(26-4-2)6-10(18)7-23-14/h5-8H,3-4H2,1-2H3. The summed E-state index contributed by atoms with van der Waals surface area (Å²) >= 11 is 4.79. The molecular weight excluding hydrogens is 434 g/mol. The van der Waals surface area contributed by atoms with Crippen LogP contribution in [0.3, 0.4) is 0 Å². The summed E-state index contributed by atoms with van der Waals surface area (Å²) in [7, 11) is 0. The van der Waals surface area contributed by atoms with Crippen molar-refractivity contribution in [2.45, 2.75) is 31.5 Å². The first-order chi connectivity index (χ1) is 12.3. The molecule has 2 aliphatic heterocycles. The number of aryl methyl sites for hydroxylation is 1. The first-order valence-corrected chi connectivity index (χ1v) is 9.59. The van der Waals surface area contributed by atoms with Gasteiger partial charge in [-0.1, -0.05) is 6.92 Å². The zero-order valence-corrected chi connectivity index (χ0v) is 16.3. The third-order valence-electron chi connectivity index (χ3n) is 3.78. The van der Waals surface area contributed by atoms with Crippen molar-refractivity contribution in [1.29, 1.82) is 0 Å². The van der Waals surface area contributed by atoms with E-state index in [2.05, 4.69) is 25.9 Å². The van der Waals surface area contributed by atoms with E-state index < -0.39 is 17.6 Å². The predicted molar refractivity (Wildman–Crippen MR) is 96.8 cm³/mol. The molecule has 0 atom stereocenters. The second kappa shape index (κ2) is 7.19. The van der Waals surface area contributed by atoms with Crippen molar-refractivity contribution in [3.63, 3.8) is 0 Å². The number of halogens is 5. The van der Waals surface area contributed by atoms with Gasteiger partial charge in [0.05, 0.1) is 11.3 Å². The van der Waals surface area contributed by atoms with Crippen LogP contribution in [0.1, 0.15) is 19.4 Å². The van der Waals surface area contributed by atoms with Crippen LogP contribution in [0.5, 0.6) is 0 Å². The molecule has 0 spiro atoms. The van der Waals surface area contributed by atoms with E-state index in [9.17, 15) is 13.2 Å². The number of alkyl halides is 3. The highest BCUT2D eigenvalue weighted by Gasteiger charge is 2.34. The highest BCUT2D eigenvalue weighted by Crippen LogP contribution is 2.40.